The number of benzene rings is 2. The first-order valence-corrected chi connectivity index (χ1v) is 6.90. The van der Waals surface area contributed by atoms with Gasteiger partial charge in [0.15, 0.2) is 0 Å². The van der Waals surface area contributed by atoms with Gasteiger partial charge < -0.3 is 9.84 Å². The highest BCUT2D eigenvalue weighted by atomic mass is 127. The standard InChI is InChI=1S/C15H13IO3/c16-13-5-7-14(8-6-13)19-10-12-4-2-1-3-11(12)9-15(17)18/h1-8H,9-10H2,(H,17,18). The van der Waals surface area contributed by atoms with E-state index in [0.717, 1.165) is 20.4 Å². The summed E-state index contributed by atoms with van der Waals surface area (Å²) in [6.45, 7) is 0.379. The van der Waals surface area contributed by atoms with Crippen molar-refractivity contribution in [3.8, 4) is 5.75 Å². The lowest BCUT2D eigenvalue weighted by Crippen LogP contribution is -2.05. The molecule has 0 fully saturated rings. The van der Waals surface area contributed by atoms with E-state index in [0.29, 0.717) is 6.61 Å². The van der Waals surface area contributed by atoms with Gasteiger partial charge in [0.25, 0.3) is 0 Å². The van der Waals surface area contributed by atoms with Crippen molar-refractivity contribution >= 4 is 28.6 Å². The second-order valence-corrected chi connectivity index (χ2v) is 5.33. The number of ether oxygens (including phenoxy) is 1. The lowest BCUT2D eigenvalue weighted by atomic mass is 10.1. The molecule has 0 spiro atoms. The zero-order valence-corrected chi connectivity index (χ0v) is 12.3. The summed E-state index contributed by atoms with van der Waals surface area (Å²) in [7, 11) is 0. The zero-order chi connectivity index (χ0) is 13.7. The van der Waals surface area contributed by atoms with Crippen LogP contribution >= 0.6 is 22.6 Å². The Kier molecular flexibility index (Phi) is 4.79. The van der Waals surface area contributed by atoms with Crippen molar-refractivity contribution in [1.82, 2.24) is 0 Å². The molecule has 2 aromatic rings. The van der Waals surface area contributed by atoms with Gasteiger partial charge in [-0.3, -0.25) is 4.79 Å². The molecule has 2 rings (SSSR count). The van der Waals surface area contributed by atoms with E-state index < -0.39 is 5.97 Å². The number of carbonyl (C=O) groups is 1. The molecule has 0 aromatic heterocycles. The first kappa shape index (κ1) is 13.9. The Hall–Kier alpha value is -1.56. The Morgan fingerprint density at radius 2 is 1.68 bits per heavy atom. The molecule has 2 aromatic carbocycles. The van der Waals surface area contributed by atoms with Gasteiger partial charge in [0.05, 0.1) is 6.42 Å². The predicted molar refractivity (Wildman–Crippen MR) is 81.3 cm³/mol. The van der Waals surface area contributed by atoms with Crippen molar-refractivity contribution in [2.45, 2.75) is 13.0 Å². The molecule has 0 bridgehead atoms. The van der Waals surface area contributed by atoms with Crippen LogP contribution in [0.5, 0.6) is 5.75 Å². The fraction of sp³-hybridized carbons (Fsp3) is 0.133. The second-order valence-electron chi connectivity index (χ2n) is 4.08. The van der Waals surface area contributed by atoms with Crippen LogP contribution in [0.4, 0.5) is 0 Å². The molecule has 0 amide bonds. The molecular formula is C15H13IO3. The van der Waals surface area contributed by atoms with Crippen LogP contribution in [0.25, 0.3) is 0 Å². The highest BCUT2D eigenvalue weighted by Crippen LogP contribution is 2.17. The summed E-state index contributed by atoms with van der Waals surface area (Å²) in [5.41, 5.74) is 1.70. The molecule has 0 radical (unpaired) electrons. The minimum atomic E-state index is -0.832. The maximum Gasteiger partial charge on any atom is 0.307 e. The molecule has 1 N–H and O–H groups in total. The average molecular weight is 368 g/mol. The third-order valence-corrected chi connectivity index (χ3v) is 3.39. The summed E-state index contributed by atoms with van der Waals surface area (Å²) in [5, 5.41) is 8.87. The van der Waals surface area contributed by atoms with E-state index in [9.17, 15) is 4.79 Å². The summed E-state index contributed by atoms with van der Waals surface area (Å²) in [4.78, 5) is 10.8. The maximum atomic E-state index is 10.8. The first-order chi connectivity index (χ1) is 9.15. The number of hydrogen-bond acceptors (Lipinski definition) is 2. The van der Waals surface area contributed by atoms with Gasteiger partial charge in [0.2, 0.25) is 0 Å². The van der Waals surface area contributed by atoms with E-state index in [2.05, 4.69) is 22.6 Å². The van der Waals surface area contributed by atoms with E-state index in [4.69, 9.17) is 9.84 Å². The second kappa shape index (κ2) is 6.56. The molecule has 0 atom stereocenters. The predicted octanol–water partition coefficient (Wildman–Crippen LogP) is 3.50. The van der Waals surface area contributed by atoms with Crippen LogP contribution in [-0.4, -0.2) is 11.1 Å². The van der Waals surface area contributed by atoms with Crippen molar-refractivity contribution in [2.24, 2.45) is 0 Å². The van der Waals surface area contributed by atoms with Crippen molar-refractivity contribution in [1.29, 1.82) is 0 Å². The van der Waals surface area contributed by atoms with Gasteiger partial charge in [0, 0.05) is 3.57 Å². The van der Waals surface area contributed by atoms with Crippen LogP contribution in [-0.2, 0) is 17.8 Å². The number of rotatable bonds is 5. The molecule has 4 heteroatoms. The highest BCUT2D eigenvalue weighted by molar-refractivity contribution is 14.1. The Morgan fingerprint density at radius 3 is 2.32 bits per heavy atom. The molecular weight excluding hydrogens is 355 g/mol. The quantitative estimate of drug-likeness (QED) is 0.822. The summed E-state index contributed by atoms with van der Waals surface area (Å²) in [5.74, 6) is -0.0488. The van der Waals surface area contributed by atoms with Gasteiger partial charge >= 0.3 is 5.97 Å². The monoisotopic (exact) mass is 368 g/mol. The molecule has 3 nitrogen and oxygen atoms in total. The lowest BCUT2D eigenvalue weighted by molar-refractivity contribution is -0.136. The largest absolute Gasteiger partial charge is 0.489 e. The fourth-order valence-corrected chi connectivity index (χ4v) is 2.09. The third kappa shape index (κ3) is 4.24. The number of hydrogen-bond donors (Lipinski definition) is 1. The zero-order valence-electron chi connectivity index (χ0n) is 10.2. The molecule has 0 unspecified atom stereocenters. The van der Waals surface area contributed by atoms with Crippen LogP contribution in [0.2, 0.25) is 0 Å². The minimum Gasteiger partial charge on any atom is -0.489 e. The van der Waals surface area contributed by atoms with Gasteiger partial charge in [0.1, 0.15) is 12.4 Å². The van der Waals surface area contributed by atoms with Crippen molar-refractivity contribution < 1.29 is 14.6 Å². The lowest BCUT2D eigenvalue weighted by Gasteiger charge is -2.10. The Morgan fingerprint density at radius 1 is 1.05 bits per heavy atom. The third-order valence-electron chi connectivity index (χ3n) is 2.67. The Balaban J connectivity index is 2.06. The number of halogens is 1. The van der Waals surface area contributed by atoms with Crippen molar-refractivity contribution in [3.05, 3.63) is 63.2 Å². The van der Waals surface area contributed by atoms with E-state index in [1.807, 2.05) is 48.5 Å². The van der Waals surface area contributed by atoms with Crippen LogP contribution < -0.4 is 4.74 Å². The average Bonchev–Trinajstić information content (AvgIpc) is 2.39. The van der Waals surface area contributed by atoms with Gasteiger partial charge in [-0.05, 0) is 58.0 Å². The van der Waals surface area contributed by atoms with Crippen LogP contribution in [0, 0.1) is 3.57 Å². The molecule has 0 aliphatic heterocycles. The number of aliphatic carboxylic acids is 1. The summed E-state index contributed by atoms with van der Waals surface area (Å²) in [6, 6.07) is 15.2. The maximum absolute atomic E-state index is 10.8. The molecule has 0 heterocycles. The topological polar surface area (TPSA) is 46.5 Å². The highest BCUT2D eigenvalue weighted by Gasteiger charge is 2.06. The Bertz CT molecular complexity index is 564. The summed E-state index contributed by atoms with van der Waals surface area (Å²) < 4.78 is 6.82. The van der Waals surface area contributed by atoms with Gasteiger partial charge in [-0.25, -0.2) is 0 Å². The SMILES string of the molecule is O=C(O)Cc1ccccc1COc1ccc(I)cc1. The van der Waals surface area contributed by atoms with E-state index in [1.54, 1.807) is 0 Å². The molecule has 19 heavy (non-hydrogen) atoms. The number of carboxylic acids is 1. The first-order valence-electron chi connectivity index (χ1n) is 5.82. The molecule has 0 saturated heterocycles. The fourth-order valence-electron chi connectivity index (χ4n) is 1.73. The smallest absolute Gasteiger partial charge is 0.307 e. The van der Waals surface area contributed by atoms with E-state index >= 15 is 0 Å². The van der Waals surface area contributed by atoms with Gasteiger partial charge in [-0.1, -0.05) is 24.3 Å². The van der Waals surface area contributed by atoms with E-state index in [-0.39, 0.29) is 6.42 Å². The van der Waals surface area contributed by atoms with Crippen LogP contribution in [0.15, 0.2) is 48.5 Å². The van der Waals surface area contributed by atoms with Crippen LogP contribution in [0.3, 0.4) is 0 Å². The van der Waals surface area contributed by atoms with Crippen molar-refractivity contribution in [3.63, 3.8) is 0 Å². The van der Waals surface area contributed by atoms with Crippen molar-refractivity contribution in [2.75, 3.05) is 0 Å². The molecule has 0 aliphatic carbocycles. The molecule has 98 valence electrons. The van der Waals surface area contributed by atoms with Gasteiger partial charge in [-0.15, -0.1) is 0 Å². The summed E-state index contributed by atoms with van der Waals surface area (Å²) in [6.07, 6.45) is 0.0201. The molecule has 0 aliphatic rings. The van der Waals surface area contributed by atoms with Gasteiger partial charge in [-0.2, -0.15) is 0 Å². The minimum absolute atomic E-state index is 0.0201. The normalized spacial score (nSPS) is 10.2. The Labute approximate surface area is 125 Å². The molecule has 0 saturated carbocycles. The van der Waals surface area contributed by atoms with Crippen LogP contribution in [0.1, 0.15) is 11.1 Å². The summed E-state index contributed by atoms with van der Waals surface area (Å²) >= 11 is 2.23. The number of carboxylic acid groups (broad SMARTS) is 1. The van der Waals surface area contributed by atoms with E-state index in [1.165, 1.54) is 0 Å².